The largest absolute Gasteiger partial charge is 0.682 e. The van der Waals surface area contributed by atoms with Gasteiger partial charge in [-0.05, 0) is 0 Å². The minimum atomic E-state index is -2.21. The van der Waals surface area contributed by atoms with Crippen molar-refractivity contribution in [2.75, 3.05) is 13.2 Å². The average molecular weight is 891 g/mol. The smallest absolute Gasteiger partial charge is 0.591 e. The van der Waals surface area contributed by atoms with Crippen LogP contribution in [0.1, 0.15) is 13.8 Å². The van der Waals surface area contributed by atoms with E-state index in [9.17, 15) is 70.2 Å². The molecule has 0 radical (unpaired) electrons. The molecular formula is C32H54N2O23Si2. The minimum Gasteiger partial charge on any atom is -0.682 e. The molecule has 4 heterocycles. The Morgan fingerprint density at radius 1 is 0.610 bits per heavy atom. The second-order valence-corrected chi connectivity index (χ2v) is 18.7. The number of amides is 2. The fourth-order valence-electron chi connectivity index (χ4n) is 6.80. The van der Waals surface area contributed by atoms with Gasteiger partial charge in [0.1, 0.15) is 85.3 Å². The SMILES string of the molecule is CC(=O)NC1C(O)OC(CO)C(O)C1OC1OC(C(=O)[O+]=[Si](C)C)C(OC2OC(CO)C(O)C(OC3OC(C(=O)O[Si-](C)C)C(O)C(O)C3O)C2NC(C)=O)C(O)C1O. The first-order valence-corrected chi connectivity index (χ1v) is 23.3. The molecule has 20 unspecified atom stereocenters. The van der Waals surface area contributed by atoms with E-state index in [1.54, 1.807) is 26.2 Å². The van der Waals surface area contributed by atoms with Gasteiger partial charge in [0.2, 0.25) is 17.9 Å². The molecule has 0 aliphatic carbocycles. The van der Waals surface area contributed by atoms with E-state index in [-0.39, 0.29) is 0 Å². The first kappa shape index (κ1) is 49.3. The quantitative estimate of drug-likeness (QED) is 0.0603. The first-order valence-electron chi connectivity index (χ1n) is 18.4. The van der Waals surface area contributed by atoms with Gasteiger partial charge in [0.25, 0.3) is 5.97 Å². The summed E-state index contributed by atoms with van der Waals surface area (Å²) >= 11 is 0. The number of nitrogens with one attached hydrogen (secondary N) is 2. The molecule has 0 aromatic carbocycles. The van der Waals surface area contributed by atoms with Crippen molar-refractivity contribution < 1.29 is 112 Å². The van der Waals surface area contributed by atoms with E-state index in [1.807, 2.05) is 0 Å². The van der Waals surface area contributed by atoms with Gasteiger partial charge in [0, 0.05) is 31.7 Å². The van der Waals surface area contributed by atoms with Crippen LogP contribution < -0.4 is 10.6 Å². The lowest BCUT2D eigenvalue weighted by atomic mass is 9.94. The van der Waals surface area contributed by atoms with E-state index in [1.165, 1.54) is 0 Å². The minimum absolute atomic E-state index is 0.718. The number of aliphatic hydroxyl groups is 10. The lowest BCUT2D eigenvalue weighted by Gasteiger charge is -2.49. The zero-order valence-electron chi connectivity index (χ0n) is 32.7. The third-order valence-corrected chi connectivity index (χ3v) is 10.7. The van der Waals surface area contributed by atoms with Gasteiger partial charge in [-0.2, -0.15) is 13.1 Å². The van der Waals surface area contributed by atoms with Gasteiger partial charge in [0.15, 0.2) is 31.3 Å². The second-order valence-electron chi connectivity index (χ2n) is 14.7. The number of ether oxygens (including phenoxy) is 7. The van der Waals surface area contributed by atoms with Crippen molar-refractivity contribution in [2.24, 2.45) is 0 Å². The number of rotatable bonds is 13. The Balaban J connectivity index is 1.69. The van der Waals surface area contributed by atoms with Gasteiger partial charge < -0.3 is 103 Å². The number of carbonyl (C=O) groups is 4. The van der Waals surface area contributed by atoms with Crippen molar-refractivity contribution in [2.45, 2.75) is 163 Å². The van der Waals surface area contributed by atoms with Crippen LogP contribution in [0, 0.1) is 0 Å². The Morgan fingerprint density at radius 3 is 1.59 bits per heavy atom. The molecule has 59 heavy (non-hydrogen) atoms. The Hall–Kier alpha value is -2.37. The van der Waals surface area contributed by atoms with Crippen LogP contribution in [0.25, 0.3) is 0 Å². The molecule has 0 aromatic heterocycles. The molecule has 0 bridgehead atoms. The predicted octanol–water partition coefficient (Wildman–Crippen LogP) is -7.91. The van der Waals surface area contributed by atoms with E-state index in [0.717, 1.165) is 13.8 Å². The molecule has 4 aliphatic heterocycles. The molecule has 0 saturated carbocycles. The van der Waals surface area contributed by atoms with Gasteiger partial charge in [-0.1, -0.05) is 9.04 Å². The molecule has 20 atom stereocenters. The highest BCUT2D eigenvalue weighted by atomic mass is 28.3. The summed E-state index contributed by atoms with van der Waals surface area (Å²) in [6, 6.07) is -3.27. The Kier molecular flexibility index (Phi) is 17.7. The van der Waals surface area contributed by atoms with Crippen molar-refractivity contribution in [1.29, 1.82) is 0 Å². The number of hydrogen-bond donors (Lipinski definition) is 12. The molecule has 12 N–H and O–H groups in total. The van der Waals surface area contributed by atoms with E-state index in [4.69, 9.17) is 41.7 Å². The third-order valence-electron chi connectivity index (χ3n) is 9.53. The van der Waals surface area contributed by atoms with Crippen LogP contribution in [0.4, 0.5) is 0 Å². The first-order chi connectivity index (χ1) is 27.6. The molecule has 4 rings (SSSR count). The molecule has 27 heteroatoms. The summed E-state index contributed by atoms with van der Waals surface area (Å²) in [7, 11) is -3.58. The average Bonchev–Trinajstić information content (AvgIpc) is 3.14. The molecule has 338 valence electrons. The summed E-state index contributed by atoms with van der Waals surface area (Å²) in [4.78, 5) is 50.9. The second kappa shape index (κ2) is 21.1. The van der Waals surface area contributed by atoms with Gasteiger partial charge in [-0.25, -0.2) is 0 Å². The number of aliphatic hydroxyl groups excluding tert-OH is 10. The van der Waals surface area contributed by atoms with E-state index in [0.29, 0.717) is 0 Å². The highest BCUT2D eigenvalue weighted by molar-refractivity contribution is 6.50. The normalized spacial score (nSPS) is 42.7. The monoisotopic (exact) mass is 890 g/mol. The van der Waals surface area contributed by atoms with Crippen LogP contribution in [0.5, 0.6) is 0 Å². The molecule has 4 saturated heterocycles. The third kappa shape index (κ3) is 11.6. The van der Waals surface area contributed by atoms with Crippen molar-refractivity contribution in [3.63, 3.8) is 0 Å². The van der Waals surface area contributed by atoms with Gasteiger partial charge >= 0.3 is 14.7 Å². The van der Waals surface area contributed by atoms with Crippen LogP contribution in [0.2, 0.25) is 26.2 Å². The summed E-state index contributed by atoms with van der Waals surface area (Å²) in [5.74, 6) is -3.83. The van der Waals surface area contributed by atoms with Crippen LogP contribution in [-0.2, 0) is 60.9 Å². The van der Waals surface area contributed by atoms with Gasteiger partial charge in [-0.15, -0.1) is 0 Å². The Labute approximate surface area is 339 Å². The Bertz CT molecular complexity index is 1490. The zero-order chi connectivity index (χ0) is 44.2. The maximum Gasteiger partial charge on any atom is 0.591 e. The molecular weight excluding hydrogens is 837 g/mol. The summed E-state index contributed by atoms with van der Waals surface area (Å²) in [6.07, 6.45) is -34.8. The lowest BCUT2D eigenvalue weighted by molar-refractivity contribution is -0.369. The highest BCUT2D eigenvalue weighted by Gasteiger charge is 2.59. The zero-order valence-corrected chi connectivity index (χ0v) is 34.7. The predicted molar refractivity (Wildman–Crippen MR) is 190 cm³/mol. The van der Waals surface area contributed by atoms with Crippen LogP contribution >= 0.6 is 0 Å². The fourth-order valence-corrected chi connectivity index (χ4v) is 7.84. The topological polar surface area (TPSA) is 380 Å². The van der Waals surface area contributed by atoms with Crippen LogP contribution in [0.3, 0.4) is 0 Å². The summed E-state index contributed by atoms with van der Waals surface area (Å²) in [5.41, 5.74) is 0. The van der Waals surface area contributed by atoms with Gasteiger partial charge in [0.05, 0.1) is 13.2 Å². The van der Waals surface area contributed by atoms with E-state index < -0.39 is 177 Å². The van der Waals surface area contributed by atoms with E-state index in [2.05, 4.69) is 10.6 Å². The van der Waals surface area contributed by atoms with Crippen molar-refractivity contribution in [3.8, 4) is 0 Å². The number of carbonyl (C=O) groups excluding carboxylic acids is 4. The molecule has 25 nitrogen and oxygen atoms in total. The maximum atomic E-state index is 13.6. The fraction of sp³-hybridized carbons (Fsp3) is 0.875. The molecule has 0 spiro atoms. The summed E-state index contributed by atoms with van der Waals surface area (Å²) in [5, 5.41) is 112. The maximum absolute atomic E-state index is 13.6. The molecule has 0 aromatic rings. The molecule has 4 fully saturated rings. The standard InChI is InChI=1S/C32H54N2O23Si2/c1-9(37)33-13-22(15(39)11(7-35)49-27(13)46)51-32-21(45)19(43)24(26(55-32)29(48)57-59(5)6)53-30-14(34-10(2)38)23(16(40)12(8-36)50-30)52-31-20(44)17(41)18(42)25(54-31)28(47)56-58(3)4/h11-27,30-32,35-36,39-46H,7-8H2,1-6H3,(H,33,37)(H,34,38). The van der Waals surface area contributed by atoms with Gasteiger partial charge in [-0.3, -0.25) is 14.4 Å². The highest BCUT2D eigenvalue weighted by Crippen LogP contribution is 2.35. The van der Waals surface area contributed by atoms with Crippen molar-refractivity contribution >= 4 is 41.5 Å². The molecule has 4 aliphatic rings. The molecule has 2 amide bonds. The summed E-state index contributed by atoms with van der Waals surface area (Å²) < 4.78 is 50.4. The lowest BCUT2D eigenvalue weighted by Crippen LogP contribution is -2.70. The van der Waals surface area contributed by atoms with Crippen LogP contribution in [-0.4, -0.2) is 228 Å². The van der Waals surface area contributed by atoms with E-state index >= 15 is 0 Å². The Morgan fingerprint density at radius 2 is 1.08 bits per heavy atom. The summed E-state index contributed by atoms with van der Waals surface area (Å²) in [6.45, 7) is 6.60. The van der Waals surface area contributed by atoms with Crippen molar-refractivity contribution in [3.05, 3.63) is 0 Å². The number of hydrogen-bond acceptors (Lipinski definition) is 22. The van der Waals surface area contributed by atoms with Crippen molar-refractivity contribution in [1.82, 2.24) is 10.6 Å². The van der Waals surface area contributed by atoms with Crippen LogP contribution in [0.15, 0.2) is 0 Å².